The standard InChI is InChI=1S/C13H14FNO3/c14-11-3-4-12(10(7-11)8-16)18-9-13(17)15-5-1-2-6-15/h3-4,7-8H,1-2,5-6,9H2. The van der Waals surface area contributed by atoms with E-state index >= 15 is 0 Å². The first-order valence-corrected chi connectivity index (χ1v) is 5.86. The fourth-order valence-electron chi connectivity index (χ4n) is 1.94. The molecule has 0 spiro atoms. The van der Waals surface area contributed by atoms with Crippen LogP contribution in [0, 0.1) is 5.82 Å². The third kappa shape index (κ3) is 2.85. The molecule has 0 bridgehead atoms. The summed E-state index contributed by atoms with van der Waals surface area (Å²) in [5.74, 6) is -0.372. The van der Waals surface area contributed by atoms with Gasteiger partial charge in [-0.3, -0.25) is 9.59 Å². The van der Waals surface area contributed by atoms with Crippen LogP contribution < -0.4 is 4.74 Å². The van der Waals surface area contributed by atoms with Crippen molar-refractivity contribution in [1.82, 2.24) is 4.90 Å². The first-order chi connectivity index (χ1) is 8.70. The summed E-state index contributed by atoms with van der Waals surface area (Å²) in [5, 5.41) is 0. The second-order valence-corrected chi connectivity index (χ2v) is 4.18. The molecule has 2 rings (SSSR count). The van der Waals surface area contributed by atoms with Gasteiger partial charge in [0, 0.05) is 13.1 Å². The van der Waals surface area contributed by atoms with E-state index in [1.54, 1.807) is 4.90 Å². The molecule has 1 aliphatic heterocycles. The average molecular weight is 251 g/mol. The second kappa shape index (κ2) is 5.62. The van der Waals surface area contributed by atoms with Crippen LogP contribution in [0.3, 0.4) is 0 Å². The van der Waals surface area contributed by atoms with Crippen molar-refractivity contribution >= 4 is 12.2 Å². The van der Waals surface area contributed by atoms with E-state index in [9.17, 15) is 14.0 Å². The number of rotatable bonds is 4. The van der Waals surface area contributed by atoms with Gasteiger partial charge >= 0.3 is 0 Å². The topological polar surface area (TPSA) is 46.6 Å². The summed E-state index contributed by atoms with van der Waals surface area (Å²) < 4.78 is 18.2. The van der Waals surface area contributed by atoms with Crippen LogP contribution in [0.5, 0.6) is 5.75 Å². The van der Waals surface area contributed by atoms with Crippen LogP contribution >= 0.6 is 0 Å². The second-order valence-electron chi connectivity index (χ2n) is 4.18. The Hall–Kier alpha value is -1.91. The average Bonchev–Trinajstić information content (AvgIpc) is 2.90. The predicted octanol–water partition coefficient (Wildman–Crippen LogP) is 1.64. The van der Waals surface area contributed by atoms with E-state index in [4.69, 9.17) is 4.74 Å². The first kappa shape index (κ1) is 12.5. The smallest absolute Gasteiger partial charge is 0.260 e. The lowest BCUT2D eigenvalue weighted by Gasteiger charge is -2.16. The summed E-state index contributed by atoms with van der Waals surface area (Å²) in [7, 11) is 0. The van der Waals surface area contributed by atoms with Gasteiger partial charge in [-0.15, -0.1) is 0 Å². The lowest BCUT2D eigenvalue weighted by Crippen LogP contribution is -2.32. The molecule has 5 heteroatoms. The Morgan fingerprint density at radius 1 is 1.39 bits per heavy atom. The molecule has 18 heavy (non-hydrogen) atoms. The summed E-state index contributed by atoms with van der Waals surface area (Å²) in [6, 6.07) is 3.64. The quantitative estimate of drug-likeness (QED) is 0.764. The highest BCUT2D eigenvalue weighted by atomic mass is 19.1. The maximum atomic E-state index is 12.9. The molecular formula is C13H14FNO3. The van der Waals surface area contributed by atoms with Crippen LogP contribution in [0.25, 0.3) is 0 Å². The largest absolute Gasteiger partial charge is 0.483 e. The normalized spacial score (nSPS) is 14.6. The Bertz CT molecular complexity index is 456. The van der Waals surface area contributed by atoms with Crippen LogP contribution in [-0.2, 0) is 4.79 Å². The molecule has 0 atom stereocenters. The van der Waals surface area contributed by atoms with Gasteiger partial charge in [0.2, 0.25) is 0 Å². The zero-order valence-electron chi connectivity index (χ0n) is 9.89. The first-order valence-electron chi connectivity index (χ1n) is 5.86. The van der Waals surface area contributed by atoms with Gasteiger partial charge in [-0.05, 0) is 31.0 Å². The summed E-state index contributed by atoms with van der Waals surface area (Å²) >= 11 is 0. The van der Waals surface area contributed by atoms with Crippen molar-refractivity contribution in [2.24, 2.45) is 0 Å². The van der Waals surface area contributed by atoms with Crippen molar-refractivity contribution in [3.8, 4) is 5.75 Å². The molecule has 1 heterocycles. The fourth-order valence-corrected chi connectivity index (χ4v) is 1.94. The number of nitrogens with zero attached hydrogens (tertiary/aromatic N) is 1. The number of amides is 1. The molecule has 0 radical (unpaired) electrons. The Morgan fingerprint density at radius 2 is 2.11 bits per heavy atom. The molecule has 1 aliphatic rings. The third-order valence-electron chi connectivity index (χ3n) is 2.91. The minimum atomic E-state index is -0.504. The van der Waals surface area contributed by atoms with E-state index in [2.05, 4.69) is 0 Å². The Kier molecular flexibility index (Phi) is 3.92. The highest BCUT2D eigenvalue weighted by Gasteiger charge is 2.18. The number of benzene rings is 1. The van der Waals surface area contributed by atoms with E-state index in [0.29, 0.717) is 6.29 Å². The number of carbonyl (C=O) groups excluding carboxylic acids is 2. The van der Waals surface area contributed by atoms with Gasteiger partial charge in [-0.1, -0.05) is 0 Å². The lowest BCUT2D eigenvalue weighted by molar-refractivity contribution is -0.132. The molecule has 0 aromatic heterocycles. The number of halogens is 1. The molecular weight excluding hydrogens is 237 g/mol. The van der Waals surface area contributed by atoms with Gasteiger partial charge in [-0.25, -0.2) is 4.39 Å². The van der Waals surface area contributed by atoms with Crippen molar-refractivity contribution in [3.63, 3.8) is 0 Å². The number of hydrogen-bond acceptors (Lipinski definition) is 3. The number of likely N-dealkylation sites (tertiary alicyclic amines) is 1. The van der Waals surface area contributed by atoms with E-state index < -0.39 is 5.82 Å². The number of hydrogen-bond donors (Lipinski definition) is 0. The molecule has 1 fully saturated rings. The summed E-state index contributed by atoms with van der Waals surface area (Å²) in [4.78, 5) is 24.2. The van der Waals surface area contributed by atoms with Gasteiger partial charge in [0.1, 0.15) is 11.6 Å². The maximum Gasteiger partial charge on any atom is 0.260 e. The van der Waals surface area contributed by atoms with Crippen LogP contribution in [0.2, 0.25) is 0 Å². The minimum absolute atomic E-state index is 0.103. The van der Waals surface area contributed by atoms with E-state index in [0.717, 1.165) is 32.0 Å². The van der Waals surface area contributed by atoms with E-state index in [1.165, 1.54) is 12.1 Å². The van der Waals surface area contributed by atoms with Crippen LogP contribution in [0.15, 0.2) is 18.2 Å². The van der Waals surface area contributed by atoms with Crippen molar-refractivity contribution in [2.45, 2.75) is 12.8 Å². The van der Waals surface area contributed by atoms with E-state index in [1.807, 2.05) is 0 Å². The minimum Gasteiger partial charge on any atom is -0.483 e. The molecule has 0 unspecified atom stereocenters. The van der Waals surface area contributed by atoms with Gasteiger partial charge < -0.3 is 9.64 Å². The Labute approximate surface area is 104 Å². The number of carbonyl (C=O) groups is 2. The van der Waals surface area contributed by atoms with Gasteiger partial charge in [0.15, 0.2) is 12.9 Å². The molecule has 4 nitrogen and oxygen atoms in total. The Balaban J connectivity index is 1.97. The molecule has 1 aromatic carbocycles. The van der Waals surface area contributed by atoms with Crippen molar-refractivity contribution in [2.75, 3.05) is 19.7 Å². The SMILES string of the molecule is O=Cc1cc(F)ccc1OCC(=O)N1CCCC1. The third-order valence-corrected chi connectivity index (χ3v) is 2.91. The number of aldehydes is 1. The van der Waals surface area contributed by atoms with Crippen molar-refractivity contribution < 1.29 is 18.7 Å². The van der Waals surface area contributed by atoms with Crippen molar-refractivity contribution in [1.29, 1.82) is 0 Å². The molecule has 1 saturated heterocycles. The lowest BCUT2D eigenvalue weighted by atomic mass is 10.2. The van der Waals surface area contributed by atoms with Gasteiger partial charge in [0.25, 0.3) is 5.91 Å². The highest BCUT2D eigenvalue weighted by molar-refractivity contribution is 5.81. The monoisotopic (exact) mass is 251 g/mol. The van der Waals surface area contributed by atoms with Crippen LogP contribution in [-0.4, -0.2) is 36.8 Å². The molecule has 96 valence electrons. The molecule has 1 aromatic rings. The summed E-state index contributed by atoms with van der Waals surface area (Å²) in [6.07, 6.45) is 2.54. The fraction of sp³-hybridized carbons (Fsp3) is 0.385. The maximum absolute atomic E-state index is 12.9. The zero-order chi connectivity index (χ0) is 13.0. The van der Waals surface area contributed by atoms with Gasteiger partial charge in [-0.2, -0.15) is 0 Å². The predicted molar refractivity (Wildman–Crippen MR) is 63.1 cm³/mol. The van der Waals surface area contributed by atoms with Crippen molar-refractivity contribution in [3.05, 3.63) is 29.6 Å². The summed E-state index contributed by atoms with van der Waals surface area (Å²) in [5.41, 5.74) is 0.115. The van der Waals surface area contributed by atoms with Gasteiger partial charge in [0.05, 0.1) is 5.56 Å². The Morgan fingerprint density at radius 3 is 2.78 bits per heavy atom. The number of ether oxygens (including phenoxy) is 1. The van der Waals surface area contributed by atoms with Crippen LogP contribution in [0.1, 0.15) is 23.2 Å². The van der Waals surface area contributed by atoms with E-state index in [-0.39, 0.29) is 23.8 Å². The summed E-state index contributed by atoms with van der Waals surface area (Å²) in [6.45, 7) is 1.39. The molecule has 0 N–H and O–H groups in total. The zero-order valence-corrected chi connectivity index (χ0v) is 9.89. The molecule has 1 amide bonds. The molecule has 0 saturated carbocycles. The highest BCUT2D eigenvalue weighted by Crippen LogP contribution is 2.18. The van der Waals surface area contributed by atoms with Crippen LogP contribution in [0.4, 0.5) is 4.39 Å². The molecule has 0 aliphatic carbocycles.